The molecule has 22 heavy (non-hydrogen) atoms. The minimum atomic E-state index is -0.116. The lowest BCUT2D eigenvalue weighted by Gasteiger charge is -2.23. The zero-order valence-electron chi connectivity index (χ0n) is 12.4. The Morgan fingerprint density at radius 2 is 2.41 bits per heavy atom. The molecule has 1 aliphatic rings. The lowest BCUT2D eigenvalue weighted by Crippen LogP contribution is -2.39. The van der Waals surface area contributed by atoms with Crippen molar-refractivity contribution in [2.75, 3.05) is 13.7 Å². The van der Waals surface area contributed by atoms with Crippen LogP contribution in [0.5, 0.6) is 0 Å². The van der Waals surface area contributed by atoms with E-state index >= 15 is 0 Å². The summed E-state index contributed by atoms with van der Waals surface area (Å²) in [5.74, 6) is 1.58. The van der Waals surface area contributed by atoms with E-state index in [0.29, 0.717) is 18.8 Å². The normalized spacial score (nSPS) is 17.9. The van der Waals surface area contributed by atoms with Gasteiger partial charge in [-0.3, -0.25) is 0 Å². The van der Waals surface area contributed by atoms with Crippen LogP contribution in [0.2, 0.25) is 0 Å². The Labute approximate surface area is 128 Å². The largest absolute Gasteiger partial charge is 0.461 e. The summed E-state index contributed by atoms with van der Waals surface area (Å²) in [6.45, 7) is 1.51. The van der Waals surface area contributed by atoms with Crippen LogP contribution in [-0.2, 0) is 17.9 Å². The van der Waals surface area contributed by atoms with Gasteiger partial charge < -0.3 is 23.9 Å². The van der Waals surface area contributed by atoms with Crippen LogP contribution in [0.4, 0.5) is 4.79 Å². The quantitative estimate of drug-likeness (QED) is 0.917. The highest BCUT2D eigenvalue weighted by Crippen LogP contribution is 2.33. The minimum absolute atomic E-state index is 0.0251. The molecule has 2 aromatic rings. The van der Waals surface area contributed by atoms with E-state index in [4.69, 9.17) is 13.7 Å². The van der Waals surface area contributed by atoms with E-state index in [1.54, 1.807) is 18.1 Å². The summed E-state index contributed by atoms with van der Waals surface area (Å²) in [6.07, 6.45) is 3.35. The maximum absolute atomic E-state index is 12.3. The number of carbonyl (C=O) groups is 1. The molecular formula is C15H19N3O4. The third-order valence-corrected chi connectivity index (χ3v) is 3.72. The molecule has 0 bridgehead atoms. The van der Waals surface area contributed by atoms with Crippen LogP contribution in [0.25, 0.3) is 0 Å². The molecule has 0 aromatic carbocycles. The lowest BCUT2D eigenvalue weighted by molar-refractivity contribution is 0.156. The summed E-state index contributed by atoms with van der Waals surface area (Å²) in [4.78, 5) is 14.1. The predicted molar refractivity (Wildman–Crippen MR) is 76.8 cm³/mol. The van der Waals surface area contributed by atoms with E-state index in [1.165, 1.54) is 6.26 Å². The van der Waals surface area contributed by atoms with Crippen molar-refractivity contribution in [3.05, 3.63) is 41.7 Å². The third-order valence-electron chi connectivity index (χ3n) is 3.72. The second-order valence-electron chi connectivity index (χ2n) is 5.24. The molecule has 1 saturated heterocycles. The molecule has 1 unspecified atom stereocenters. The fourth-order valence-electron chi connectivity index (χ4n) is 2.70. The topological polar surface area (TPSA) is 80.7 Å². The summed E-state index contributed by atoms with van der Waals surface area (Å²) in [6, 6.07) is 5.40. The van der Waals surface area contributed by atoms with Crippen molar-refractivity contribution < 1.29 is 18.5 Å². The molecular weight excluding hydrogens is 286 g/mol. The Morgan fingerprint density at radius 3 is 3.18 bits per heavy atom. The maximum Gasteiger partial charge on any atom is 0.318 e. The average molecular weight is 305 g/mol. The fraction of sp³-hybridized carbons (Fsp3) is 0.467. The lowest BCUT2D eigenvalue weighted by atomic mass is 10.2. The number of furan rings is 1. The van der Waals surface area contributed by atoms with Crippen molar-refractivity contribution in [1.29, 1.82) is 0 Å². The maximum atomic E-state index is 12.3. The van der Waals surface area contributed by atoms with E-state index in [2.05, 4.69) is 10.5 Å². The first-order valence-electron chi connectivity index (χ1n) is 7.29. The smallest absolute Gasteiger partial charge is 0.318 e. The van der Waals surface area contributed by atoms with Crippen LogP contribution in [-0.4, -0.2) is 29.7 Å². The van der Waals surface area contributed by atoms with Crippen molar-refractivity contribution in [1.82, 2.24) is 15.4 Å². The van der Waals surface area contributed by atoms with Crippen LogP contribution in [0.3, 0.4) is 0 Å². The number of urea groups is 1. The number of rotatable bonds is 5. The summed E-state index contributed by atoms with van der Waals surface area (Å²) in [5, 5.41) is 6.63. The Morgan fingerprint density at radius 1 is 1.50 bits per heavy atom. The van der Waals surface area contributed by atoms with Gasteiger partial charge in [0.25, 0.3) is 0 Å². The molecule has 0 saturated carbocycles. The standard InChI is InChI=1S/C15H19N3O4/c1-20-10-12-4-5-14(22-12)13-3-2-7-18(13)15(19)16-9-11-6-8-21-17-11/h4-6,8,13H,2-3,7,9-10H2,1H3,(H,16,19). The number of ether oxygens (including phenoxy) is 1. The molecule has 7 nitrogen and oxygen atoms in total. The van der Waals surface area contributed by atoms with Gasteiger partial charge in [0.2, 0.25) is 0 Å². The molecule has 1 atom stereocenters. The highest BCUT2D eigenvalue weighted by atomic mass is 16.5. The van der Waals surface area contributed by atoms with E-state index < -0.39 is 0 Å². The van der Waals surface area contributed by atoms with Crippen LogP contribution >= 0.6 is 0 Å². The summed E-state index contributed by atoms with van der Waals surface area (Å²) in [5.41, 5.74) is 0.699. The summed E-state index contributed by atoms with van der Waals surface area (Å²) < 4.78 is 15.6. The Bertz CT molecular complexity index is 608. The molecule has 1 N–H and O–H groups in total. The molecule has 2 amide bonds. The molecule has 2 aromatic heterocycles. The van der Waals surface area contributed by atoms with E-state index in [0.717, 1.165) is 30.9 Å². The SMILES string of the molecule is COCc1ccc(C2CCCN2C(=O)NCc2ccon2)o1. The number of nitrogens with zero attached hydrogens (tertiary/aromatic N) is 2. The second-order valence-corrected chi connectivity index (χ2v) is 5.24. The highest BCUT2D eigenvalue weighted by molar-refractivity contribution is 5.75. The van der Waals surface area contributed by atoms with Gasteiger partial charge >= 0.3 is 6.03 Å². The van der Waals surface area contributed by atoms with Crippen molar-refractivity contribution in [2.24, 2.45) is 0 Å². The number of aromatic nitrogens is 1. The molecule has 0 aliphatic carbocycles. The van der Waals surface area contributed by atoms with Crippen LogP contribution in [0.1, 0.15) is 36.1 Å². The average Bonchev–Trinajstić information content (AvgIpc) is 3.25. The van der Waals surface area contributed by atoms with Crippen LogP contribution in [0, 0.1) is 0 Å². The van der Waals surface area contributed by atoms with Gasteiger partial charge in [-0.15, -0.1) is 0 Å². The zero-order chi connectivity index (χ0) is 15.4. The minimum Gasteiger partial charge on any atom is -0.461 e. The molecule has 0 spiro atoms. The Kier molecular flexibility index (Phi) is 4.43. The van der Waals surface area contributed by atoms with E-state index in [-0.39, 0.29) is 12.1 Å². The first-order chi connectivity index (χ1) is 10.8. The van der Waals surface area contributed by atoms with Gasteiger partial charge in [0.15, 0.2) is 0 Å². The summed E-state index contributed by atoms with van der Waals surface area (Å²) in [7, 11) is 1.63. The Hall–Kier alpha value is -2.28. The second kappa shape index (κ2) is 6.65. The van der Waals surface area contributed by atoms with Gasteiger partial charge in [0.05, 0.1) is 12.6 Å². The van der Waals surface area contributed by atoms with Gasteiger partial charge in [-0.25, -0.2) is 4.79 Å². The fourth-order valence-corrected chi connectivity index (χ4v) is 2.70. The van der Waals surface area contributed by atoms with Gasteiger partial charge in [0, 0.05) is 19.7 Å². The number of methoxy groups -OCH3 is 1. The number of likely N-dealkylation sites (tertiary alicyclic amines) is 1. The molecule has 1 aliphatic heterocycles. The van der Waals surface area contributed by atoms with Crippen molar-refractivity contribution in [2.45, 2.75) is 32.0 Å². The van der Waals surface area contributed by atoms with Crippen molar-refractivity contribution in [3.63, 3.8) is 0 Å². The van der Waals surface area contributed by atoms with E-state index in [9.17, 15) is 4.79 Å². The number of amides is 2. The molecule has 7 heteroatoms. The molecule has 3 rings (SSSR count). The zero-order valence-corrected chi connectivity index (χ0v) is 12.4. The van der Waals surface area contributed by atoms with Gasteiger partial charge in [0.1, 0.15) is 30.1 Å². The molecule has 0 radical (unpaired) electrons. The van der Waals surface area contributed by atoms with E-state index in [1.807, 2.05) is 12.1 Å². The number of nitrogens with one attached hydrogen (secondary N) is 1. The monoisotopic (exact) mass is 305 g/mol. The number of hydrogen-bond acceptors (Lipinski definition) is 5. The van der Waals surface area contributed by atoms with Gasteiger partial charge in [-0.05, 0) is 25.0 Å². The van der Waals surface area contributed by atoms with Crippen molar-refractivity contribution >= 4 is 6.03 Å². The van der Waals surface area contributed by atoms with Crippen molar-refractivity contribution in [3.8, 4) is 0 Å². The predicted octanol–water partition coefficient (Wildman–Crippen LogP) is 2.46. The summed E-state index contributed by atoms with van der Waals surface area (Å²) >= 11 is 0. The van der Waals surface area contributed by atoms with Gasteiger partial charge in [-0.2, -0.15) is 0 Å². The first kappa shape index (κ1) is 14.6. The Balaban J connectivity index is 1.62. The van der Waals surface area contributed by atoms with Crippen LogP contribution < -0.4 is 5.32 Å². The molecule has 118 valence electrons. The molecule has 1 fully saturated rings. The molecule has 3 heterocycles. The number of carbonyl (C=O) groups excluding carboxylic acids is 1. The first-order valence-corrected chi connectivity index (χ1v) is 7.29. The number of hydrogen-bond donors (Lipinski definition) is 1. The van der Waals surface area contributed by atoms with Crippen LogP contribution in [0.15, 0.2) is 33.4 Å². The van der Waals surface area contributed by atoms with Gasteiger partial charge in [-0.1, -0.05) is 5.16 Å². The third kappa shape index (κ3) is 3.14. The highest BCUT2D eigenvalue weighted by Gasteiger charge is 2.32.